The lowest BCUT2D eigenvalue weighted by atomic mass is 9.99. The van der Waals surface area contributed by atoms with E-state index >= 15 is 0 Å². The van der Waals surface area contributed by atoms with Crippen molar-refractivity contribution >= 4 is 17.6 Å². The summed E-state index contributed by atoms with van der Waals surface area (Å²) in [6.07, 6.45) is 3.47. The third-order valence-electron chi connectivity index (χ3n) is 3.12. The van der Waals surface area contributed by atoms with Crippen molar-refractivity contribution in [2.45, 2.75) is 38.6 Å². The molecule has 0 spiro atoms. The maximum absolute atomic E-state index is 11.7. The average Bonchev–Trinajstić information content (AvgIpc) is 3.05. The third-order valence-corrected chi connectivity index (χ3v) is 3.12. The Morgan fingerprint density at radius 3 is 2.69 bits per heavy atom. The van der Waals surface area contributed by atoms with Crippen LogP contribution in [0.3, 0.4) is 0 Å². The first kappa shape index (κ1) is 11.3. The van der Waals surface area contributed by atoms with Crippen LogP contribution in [-0.4, -0.2) is 23.7 Å². The van der Waals surface area contributed by atoms with Gasteiger partial charge in [0.2, 0.25) is 5.91 Å². The lowest BCUT2D eigenvalue weighted by Crippen LogP contribution is -2.51. The summed E-state index contributed by atoms with van der Waals surface area (Å²) in [5, 5.41) is 2.67. The number of nitrogens with one attached hydrogen (secondary N) is 1. The van der Waals surface area contributed by atoms with Gasteiger partial charge in [0.25, 0.3) is 5.91 Å². The van der Waals surface area contributed by atoms with Crippen LogP contribution in [-0.2, 0) is 9.59 Å². The number of amides is 2. The molecule has 1 heterocycles. The van der Waals surface area contributed by atoms with Gasteiger partial charge in [0.05, 0.1) is 6.04 Å². The molecule has 16 heavy (non-hydrogen) atoms. The largest absolute Gasteiger partial charge is 0.321 e. The van der Waals surface area contributed by atoms with Crippen LogP contribution in [0.1, 0.15) is 32.6 Å². The number of carbonyl (C=O) groups is 2. The molecule has 2 aliphatic rings. The van der Waals surface area contributed by atoms with E-state index in [1.165, 1.54) is 0 Å². The fourth-order valence-electron chi connectivity index (χ4n) is 1.93. The lowest BCUT2D eigenvalue weighted by molar-refractivity contribution is -0.133. The van der Waals surface area contributed by atoms with Crippen molar-refractivity contribution in [3.8, 4) is 0 Å². The van der Waals surface area contributed by atoms with Crippen LogP contribution in [0.15, 0.2) is 4.99 Å². The molecule has 3 N–H and O–H groups in total. The van der Waals surface area contributed by atoms with Crippen molar-refractivity contribution in [3.05, 3.63) is 0 Å². The molecule has 88 valence electrons. The maximum Gasteiger partial charge on any atom is 0.259 e. The Kier molecular flexibility index (Phi) is 3.05. The second kappa shape index (κ2) is 4.33. The van der Waals surface area contributed by atoms with E-state index in [9.17, 15) is 9.59 Å². The molecule has 2 unspecified atom stereocenters. The van der Waals surface area contributed by atoms with Crippen LogP contribution < -0.4 is 11.1 Å². The van der Waals surface area contributed by atoms with Crippen LogP contribution in [0.25, 0.3) is 0 Å². The van der Waals surface area contributed by atoms with Gasteiger partial charge in [-0.1, -0.05) is 13.3 Å². The number of nitrogens with zero attached hydrogens (tertiary/aromatic N) is 1. The maximum atomic E-state index is 11.7. The Morgan fingerprint density at radius 2 is 2.19 bits per heavy atom. The van der Waals surface area contributed by atoms with Gasteiger partial charge in [-0.05, 0) is 25.2 Å². The van der Waals surface area contributed by atoms with Gasteiger partial charge in [0.1, 0.15) is 11.8 Å². The Bertz CT molecular complexity index is 347. The molecule has 1 fully saturated rings. The monoisotopic (exact) mass is 223 g/mol. The summed E-state index contributed by atoms with van der Waals surface area (Å²) in [6, 6.07) is -0.282. The summed E-state index contributed by atoms with van der Waals surface area (Å²) in [4.78, 5) is 27.2. The van der Waals surface area contributed by atoms with Gasteiger partial charge >= 0.3 is 0 Å². The minimum Gasteiger partial charge on any atom is -0.321 e. The third kappa shape index (κ3) is 2.14. The minimum absolute atomic E-state index is 0.243. The van der Waals surface area contributed by atoms with Gasteiger partial charge in [0.15, 0.2) is 0 Å². The molecule has 0 aromatic rings. The van der Waals surface area contributed by atoms with Gasteiger partial charge in [-0.15, -0.1) is 0 Å². The van der Waals surface area contributed by atoms with Gasteiger partial charge < -0.3 is 11.1 Å². The van der Waals surface area contributed by atoms with E-state index in [1.54, 1.807) is 0 Å². The molecule has 0 aromatic heterocycles. The zero-order chi connectivity index (χ0) is 11.7. The molecule has 0 saturated heterocycles. The number of amidine groups is 1. The fourth-order valence-corrected chi connectivity index (χ4v) is 1.93. The van der Waals surface area contributed by atoms with Crippen molar-refractivity contribution in [2.75, 3.05) is 0 Å². The Balaban J connectivity index is 2.09. The molecule has 1 aliphatic carbocycles. The zero-order valence-corrected chi connectivity index (χ0v) is 9.40. The Morgan fingerprint density at radius 1 is 1.50 bits per heavy atom. The second-order valence-corrected chi connectivity index (χ2v) is 4.53. The highest BCUT2D eigenvalue weighted by Gasteiger charge is 2.38. The molecule has 1 saturated carbocycles. The van der Waals surface area contributed by atoms with E-state index in [2.05, 4.69) is 10.3 Å². The molecule has 0 bridgehead atoms. The predicted octanol–water partition coefficient (Wildman–Crippen LogP) is 0.195. The molecule has 5 nitrogen and oxygen atoms in total. The van der Waals surface area contributed by atoms with Crippen LogP contribution in [0.4, 0.5) is 0 Å². The molecular formula is C11H17N3O2. The number of hydrogen-bond donors (Lipinski definition) is 2. The second-order valence-electron chi connectivity index (χ2n) is 4.53. The van der Waals surface area contributed by atoms with Gasteiger partial charge in [-0.2, -0.15) is 4.99 Å². The van der Waals surface area contributed by atoms with E-state index < -0.39 is 5.92 Å². The topological polar surface area (TPSA) is 84.6 Å². The molecule has 2 amide bonds. The predicted molar refractivity (Wildman–Crippen MR) is 59.7 cm³/mol. The first-order chi connectivity index (χ1) is 7.63. The number of hydrogen-bond acceptors (Lipinski definition) is 3. The number of nitrogens with two attached hydrogens (primary N) is 1. The van der Waals surface area contributed by atoms with E-state index in [1.807, 2.05) is 6.92 Å². The standard InChI is InChI=1S/C11H17N3O2/c1-2-3-7-10(15)13-9(14-11(7)16)8(12)6-4-5-6/h6-8H,2-5,12H2,1H3,(H,13,14,15,16). The summed E-state index contributed by atoms with van der Waals surface area (Å²) in [5.74, 6) is -0.441. The summed E-state index contributed by atoms with van der Waals surface area (Å²) in [7, 11) is 0. The highest BCUT2D eigenvalue weighted by atomic mass is 16.2. The SMILES string of the molecule is CCCC1C(=O)N=C(C(N)C2CC2)NC1=O. The Labute approximate surface area is 94.5 Å². The molecule has 5 heteroatoms. The van der Waals surface area contributed by atoms with Crippen LogP contribution >= 0.6 is 0 Å². The zero-order valence-electron chi connectivity index (χ0n) is 9.40. The normalized spacial score (nSPS) is 27.4. The summed E-state index contributed by atoms with van der Waals surface area (Å²) < 4.78 is 0. The van der Waals surface area contributed by atoms with E-state index in [4.69, 9.17) is 5.73 Å². The van der Waals surface area contributed by atoms with Crippen LogP contribution in [0.2, 0.25) is 0 Å². The summed E-state index contributed by atoms with van der Waals surface area (Å²) in [5.41, 5.74) is 5.90. The van der Waals surface area contributed by atoms with Crippen molar-refractivity contribution in [1.29, 1.82) is 0 Å². The van der Waals surface area contributed by atoms with E-state index in [0.29, 0.717) is 18.2 Å². The molecule has 1 aliphatic heterocycles. The summed E-state index contributed by atoms with van der Waals surface area (Å²) >= 11 is 0. The van der Waals surface area contributed by atoms with Gasteiger partial charge in [0, 0.05) is 0 Å². The van der Waals surface area contributed by atoms with Gasteiger partial charge in [-0.25, -0.2) is 0 Å². The molecule has 0 aromatic carbocycles. The van der Waals surface area contributed by atoms with Crippen LogP contribution in [0.5, 0.6) is 0 Å². The number of rotatable bonds is 4. The number of aliphatic imine (C=N–C) groups is 1. The Hall–Kier alpha value is -1.23. The van der Waals surface area contributed by atoms with E-state index in [-0.39, 0.29) is 17.9 Å². The quantitative estimate of drug-likeness (QED) is 0.667. The van der Waals surface area contributed by atoms with Crippen molar-refractivity contribution in [3.63, 3.8) is 0 Å². The first-order valence-electron chi connectivity index (χ1n) is 5.82. The lowest BCUT2D eigenvalue weighted by Gasteiger charge is -2.22. The smallest absolute Gasteiger partial charge is 0.259 e. The average molecular weight is 223 g/mol. The highest BCUT2D eigenvalue weighted by Crippen LogP contribution is 2.32. The number of carbonyl (C=O) groups excluding carboxylic acids is 2. The van der Waals surface area contributed by atoms with Crippen molar-refractivity contribution < 1.29 is 9.59 Å². The molecule has 2 atom stereocenters. The van der Waals surface area contributed by atoms with E-state index in [0.717, 1.165) is 19.3 Å². The molecule has 0 radical (unpaired) electrons. The first-order valence-corrected chi connectivity index (χ1v) is 5.82. The van der Waals surface area contributed by atoms with Gasteiger partial charge in [-0.3, -0.25) is 9.59 Å². The van der Waals surface area contributed by atoms with Crippen molar-refractivity contribution in [1.82, 2.24) is 5.32 Å². The summed E-state index contributed by atoms with van der Waals surface area (Å²) in [6.45, 7) is 1.94. The van der Waals surface area contributed by atoms with Crippen molar-refractivity contribution in [2.24, 2.45) is 22.6 Å². The molecule has 2 rings (SSSR count). The highest BCUT2D eigenvalue weighted by molar-refractivity contribution is 6.17. The minimum atomic E-state index is -0.611. The molecular weight excluding hydrogens is 206 g/mol. The van der Waals surface area contributed by atoms with Crippen LogP contribution in [0, 0.1) is 11.8 Å². The fraction of sp³-hybridized carbons (Fsp3) is 0.727.